The molecule has 1 rings (SSSR count). The van der Waals surface area contributed by atoms with Crippen LogP contribution >= 0.6 is 0 Å². The number of hydrogen-bond acceptors (Lipinski definition) is 5. The van der Waals surface area contributed by atoms with Gasteiger partial charge in [0.05, 0.1) is 13.2 Å². The molecule has 6 nitrogen and oxygen atoms in total. The summed E-state index contributed by atoms with van der Waals surface area (Å²) in [7, 11) is 0. The first kappa shape index (κ1) is 19.4. The second kappa shape index (κ2) is 10.2. The summed E-state index contributed by atoms with van der Waals surface area (Å²) in [6.07, 6.45) is 1.71. The van der Waals surface area contributed by atoms with E-state index < -0.39 is 23.4 Å². The summed E-state index contributed by atoms with van der Waals surface area (Å²) >= 11 is 0. The van der Waals surface area contributed by atoms with Gasteiger partial charge in [0.2, 0.25) is 0 Å². The highest BCUT2D eigenvalue weighted by atomic mass is 16.6. The van der Waals surface area contributed by atoms with E-state index in [1.807, 2.05) is 25.1 Å². The zero-order chi connectivity index (χ0) is 17.9. The molecule has 0 unspecified atom stereocenters. The van der Waals surface area contributed by atoms with Crippen molar-refractivity contribution < 1.29 is 23.9 Å². The summed E-state index contributed by atoms with van der Waals surface area (Å²) in [5, 5.41) is 0. The molecule has 0 saturated carbocycles. The Kier molecular flexibility index (Phi) is 8.25. The number of benzene rings is 1. The Labute approximate surface area is 142 Å². The monoisotopic (exact) mass is 333 g/mol. The maximum absolute atomic E-state index is 12.6. The third-order valence-electron chi connectivity index (χ3n) is 3.04. The van der Waals surface area contributed by atoms with Crippen molar-refractivity contribution in [1.29, 1.82) is 0 Å². The van der Waals surface area contributed by atoms with Crippen LogP contribution in [0.2, 0.25) is 0 Å². The van der Waals surface area contributed by atoms with Crippen LogP contribution < -0.4 is 4.90 Å². The number of para-hydroxylation sites is 1. The van der Waals surface area contributed by atoms with Gasteiger partial charge in [-0.25, -0.2) is 9.59 Å². The van der Waals surface area contributed by atoms with Gasteiger partial charge in [-0.2, -0.15) is 0 Å². The van der Waals surface area contributed by atoms with Gasteiger partial charge in [0.1, 0.15) is 5.57 Å². The molecule has 1 aromatic rings. The molecule has 0 fully saturated rings. The number of carbonyl (C=O) groups excluding carboxylic acids is 3. The maximum atomic E-state index is 12.6. The second-order valence-corrected chi connectivity index (χ2v) is 4.82. The van der Waals surface area contributed by atoms with Gasteiger partial charge in [0.25, 0.3) is 5.91 Å². The fraction of sp³-hybridized carbons (Fsp3) is 0.389. The molecule has 130 valence electrons. The second-order valence-electron chi connectivity index (χ2n) is 4.82. The number of hydrogen-bond donors (Lipinski definition) is 0. The molecule has 0 atom stereocenters. The van der Waals surface area contributed by atoms with Crippen molar-refractivity contribution >= 4 is 23.5 Å². The van der Waals surface area contributed by atoms with Gasteiger partial charge in [-0.05, 0) is 32.4 Å². The van der Waals surface area contributed by atoms with E-state index in [0.717, 1.165) is 12.5 Å². The van der Waals surface area contributed by atoms with E-state index >= 15 is 0 Å². The lowest BCUT2D eigenvalue weighted by molar-refractivity contribution is -0.146. The molecular weight excluding hydrogens is 310 g/mol. The van der Waals surface area contributed by atoms with Crippen LogP contribution in [0.1, 0.15) is 27.2 Å². The highest BCUT2D eigenvalue weighted by Gasteiger charge is 2.24. The number of esters is 2. The molecule has 0 saturated heterocycles. The third kappa shape index (κ3) is 5.53. The van der Waals surface area contributed by atoms with Gasteiger partial charge < -0.3 is 14.4 Å². The van der Waals surface area contributed by atoms with Crippen LogP contribution in [-0.2, 0) is 23.9 Å². The van der Waals surface area contributed by atoms with Gasteiger partial charge in [-0.1, -0.05) is 25.1 Å². The van der Waals surface area contributed by atoms with Crippen LogP contribution in [0.4, 0.5) is 5.69 Å². The first-order valence-electron chi connectivity index (χ1n) is 7.97. The molecule has 0 radical (unpaired) electrons. The third-order valence-corrected chi connectivity index (χ3v) is 3.04. The summed E-state index contributed by atoms with van der Waals surface area (Å²) in [4.78, 5) is 38.0. The van der Waals surface area contributed by atoms with Crippen molar-refractivity contribution in [2.45, 2.75) is 27.2 Å². The number of nitrogens with zero attached hydrogens (tertiary/aromatic N) is 1. The Morgan fingerprint density at radius 1 is 0.958 bits per heavy atom. The van der Waals surface area contributed by atoms with E-state index in [0.29, 0.717) is 12.2 Å². The predicted molar refractivity (Wildman–Crippen MR) is 90.4 cm³/mol. The Hall–Kier alpha value is -2.63. The Morgan fingerprint density at radius 2 is 1.50 bits per heavy atom. The quantitative estimate of drug-likeness (QED) is 0.316. The van der Waals surface area contributed by atoms with E-state index in [1.54, 1.807) is 26.0 Å². The lowest BCUT2D eigenvalue weighted by Gasteiger charge is -2.21. The zero-order valence-electron chi connectivity index (χ0n) is 14.3. The van der Waals surface area contributed by atoms with Crippen LogP contribution in [0.15, 0.2) is 42.0 Å². The first-order valence-corrected chi connectivity index (χ1v) is 7.97. The largest absolute Gasteiger partial charge is 0.462 e. The minimum absolute atomic E-state index is 0.0983. The fourth-order valence-corrected chi connectivity index (χ4v) is 2.02. The molecule has 0 heterocycles. The number of ether oxygens (including phenoxy) is 2. The van der Waals surface area contributed by atoms with Crippen molar-refractivity contribution in [3.8, 4) is 0 Å². The van der Waals surface area contributed by atoms with Crippen LogP contribution in [0.5, 0.6) is 0 Å². The molecule has 0 bridgehead atoms. The van der Waals surface area contributed by atoms with Crippen LogP contribution in [-0.4, -0.2) is 37.6 Å². The fourth-order valence-electron chi connectivity index (χ4n) is 2.02. The van der Waals surface area contributed by atoms with Gasteiger partial charge >= 0.3 is 11.9 Å². The molecule has 1 aromatic carbocycles. The maximum Gasteiger partial charge on any atom is 0.345 e. The van der Waals surface area contributed by atoms with Crippen LogP contribution in [0.25, 0.3) is 0 Å². The standard InChI is InChI=1S/C18H23NO5/c1-4-12-19(14-10-8-7-9-11-14)16(20)13-15(17(21)23-5-2)18(22)24-6-3/h7-11,13H,4-6,12H2,1-3H3. The van der Waals surface area contributed by atoms with E-state index in [4.69, 9.17) is 9.47 Å². The summed E-state index contributed by atoms with van der Waals surface area (Å²) in [6.45, 7) is 5.83. The van der Waals surface area contributed by atoms with Gasteiger partial charge in [-0.3, -0.25) is 4.79 Å². The van der Waals surface area contributed by atoms with Crippen molar-refractivity contribution in [2.75, 3.05) is 24.7 Å². The minimum atomic E-state index is -0.867. The number of anilines is 1. The van der Waals surface area contributed by atoms with E-state index in [1.165, 1.54) is 4.90 Å². The molecule has 0 aliphatic rings. The Balaban J connectivity index is 3.14. The van der Waals surface area contributed by atoms with Crippen molar-refractivity contribution in [2.24, 2.45) is 0 Å². The molecule has 0 aromatic heterocycles. The molecule has 0 N–H and O–H groups in total. The molecule has 0 aliphatic heterocycles. The summed E-state index contributed by atoms with van der Waals surface area (Å²) < 4.78 is 9.68. The molecule has 6 heteroatoms. The average molecular weight is 333 g/mol. The number of amides is 1. The summed E-state index contributed by atoms with van der Waals surface area (Å²) in [6, 6.07) is 9.04. The zero-order valence-corrected chi connectivity index (χ0v) is 14.3. The van der Waals surface area contributed by atoms with Gasteiger partial charge in [-0.15, -0.1) is 0 Å². The molecular formula is C18H23NO5. The molecule has 0 aliphatic carbocycles. The van der Waals surface area contributed by atoms with Crippen molar-refractivity contribution in [3.63, 3.8) is 0 Å². The predicted octanol–water partition coefficient (Wildman–Crippen LogP) is 2.48. The lowest BCUT2D eigenvalue weighted by Crippen LogP contribution is -2.31. The lowest BCUT2D eigenvalue weighted by atomic mass is 10.2. The SMILES string of the molecule is CCCN(C(=O)C=C(C(=O)OCC)C(=O)OCC)c1ccccc1. The van der Waals surface area contributed by atoms with E-state index in [2.05, 4.69) is 0 Å². The minimum Gasteiger partial charge on any atom is -0.462 e. The highest BCUT2D eigenvalue weighted by Crippen LogP contribution is 2.15. The normalized spacial score (nSPS) is 9.79. The highest BCUT2D eigenvalue weighted by molar-refractivity contribution is 6.19. The Bertz CT molecular complexity index is 575. The summed E-state index contributed by atoms with van der Waals surface area (Å²) in [5.41, 5.74) is 0.286. The molecule has 24 heavy (non-hydrogen) atoms. The Morgan fingerprint density at radius 3 is 1.96 bits per heavy atom. The van der Waals surface area contributed by atoms with Gasteiger partial charge in [0.15, 0.2) is 0 Å². The van der Waals surface area contributed by atoms with E-state index in [-0.39, 0.29) is 13.2 Å². The van der Waals surface area contributed by atoms with Crippen LogP contribution in [0.3, 0.4) is 0 Å². The van der Waals surface area contributed by atoms with E-state index in [9.17, 15) is 14.4 Å². The molecule has 1 amide bonds. The summed E-state index contributed by atoms with van der Waals surface area (Å²) in [5.74, 6) is -2.21. The molecule has 0 spiro atoms. The number of carbonyl (C=O) groups is 3. The number of rotatable bonds is 8. The smallest absolute Gasteiger partial charge is 0.345 e. The topological polar surface area (TPSA) is 72.9 Å². The first-order chi connectivity index (χ1) is 11.5. The van der Waals surface area contributed by atoms with Gasteiger partial charge in [0, 0.05) is 18.3 Å². The van der Waals surface area contributed by atoms with Crippen molar-refractivity contribution in [3.05, 3.63) is 42.0 Å². The van der Waals surface area contributed by atoms with Crippen molar-refractivity contribution in [1.82, 2.24) is 0 Å². The average Bonchev–Trinajstić information content (AvgIpc) is 2.58. The van der Waals surface area contributed by atoms with Crippen LogP contribution in [0, 0.1) is 0 Å².